The van der Waals surface area contributed by atoms with Gasteiger partial charge < -0.3 is 14.8 Å². The Kier molecular flexibility index (Phi) is 4.40. The molecule has 0 amide bonds. The first-order chi connectivity index (χ1) is 8.31. The van der Waals surface area contributed by atoms with E-state index in [-0.39, 0.29) is 0 Å². The van der Waals surface area contributed by atoms with Gasteiger partial charge in [-0.25, -0.2) is 0 Å². The summed E-state index contributed by atoms with van der Waals surface area (Å²) in [6, 6.07) is 8.06. The summed E-state index contributed by atoms with van der Waals surface area (Å²) >= 11 is 0. The number of rotatable bonds is 6. The van der Waals surface area contributed by atoms with E-state index in [1.54, 1.807) is 7.11 Å². The van der Waals surface area contributed by atoms with Crippen LogP contribution in [0.3, 0.4) is 0 Å². The van der Waals surface area contributed by atoms with Crippen LogP contribution in [-0.4, -0.2) is 26.8 Å². The van der Waals surface area contributed by atoms with E-state index in [1.165, 1.54) is 18.4 Å². The first-order valence-corrected chi connectivity index (χ1v) is 6.21. The molecule has 2 rings (SSSR count). The Hall–Kier alpha value is -1.06. The van der Waals surface area contributed by atoms with Crippen molar-refractivity contribution in [1.29, 1.82) is 0 Å². The smallest absolute Gasteiger partial charge is 0.119 e. The molecule has 0 atom stereocenters. The minimum Gasteiger partial charge on any atom is -0.497 e. The Bertz CT molecular complexity index is 348. The SMILES string of the molecule is CNCC1CC(OCc2cccc(OC)c2)C1. The minimum absolute atomic E-state index is 0.444. The molecule has 1 N–H and O–H groups in total. The molecule has 1 saturated carbocycles. The molecule has 94 valence electrons. The van der Waals surface area contributed by atoms with Gasteiger partial charge in [-0.15, -0.1) is 0 Å². The molecule has 0 heterocycles. The lowest BCUT2D eigenvalue weighted by Gasteiger charge is -2.35. The minimum atomic E-state index is 0.444. The molecule has 3 heteroatoms. The van der Waals surface area contributed by atoms with Crippen molar-refractivity contribution in [3.63, 3.8) is 0 Å². The monoisotopic (exact) mass is 235 g/mol. The number of ether oxygens (including phenoxy) is 2. The Balaban J connectivity index is 1.72. The van der Waals surface area contributed by atoms with E-state index < -0.39 is 0 Å². The van der Waals surface area contributed by atoms with Crippen molar-refractivity contribution >= 4 is 0 Å². The van der Waals surface area contributed by atoms with Gasteiger partial charge in [0.15, 0.2) is 0 Å². The maximum absolute atomic E-state index is 5.86. The van der Waals surface area contributed by atoms with E-state index in [4.69, 9.17) is 9.47 Å². The van der Waals surface area contributed by atoms with E-state index in [0.717, 1.165) is 18.2 Å². The van der Waals surface area contributed by atoms with Crippen LogP contribution in [-0.2, 0) is 11.3 Å². The van der Waals surface area contributed by atoms with Gasteiger partial charge in [0.1, 0.15) is 5.75 Å². The van der Waals surface area contributed by atoms with Crippen LogP contribution in [0.4, 0.5) is 0 Å². The van der Waals surface area contributed by atoms with Crippen molar-refractivity contribution < 1.29 is 9.47 Å². The van der Waals surface area contributed by atoms with Crippen molar-refractivity contribution in [3.05, 3.63) is 29.8 Å². The summed E-state index contributed by atoms with van der Waals surface area (Å²) in [7, 11) is 3.69. The Labute approximate surface area is 103 Å². The van der Waals surface area contributed by atoms with Gasteiger partial charge in [0, 0.05) is 0 Å². The molecule has 0 bridgehead atoms. The largest absolute Gasteiger partial charge is 0.497 e. The van der Waals surface area contributed by atoms with Gasteiger partial charge in [-0.2, -0.15) is 0 Å². The summed E-state index contributed by atoms with van der Waals surface area (Å²) in [5.41, 5.74) is 1.18. The molecule has 1 aromatic rings. The molecule has 1 aliphatic carbocycles. The molecule has 0 saturated heterocycles. The summed E-state index contributed by atoms with van der Waals surface area (Å²) in [5.74, 6) is 1.70. The number of hydrogen-bond donors (Lipinski definition) is 1. The first-order valence-electron chi connectivity index (χ1n) is 6.21. The van der Waals surface area contributed by atoms with Gasteiger partial charge in [-0.05, 0) is 50.0 Å². The van der Waals surface area contributed by atoms with E-state index in [0.29, 0.717) is 12.7 Å². The van der Waals surface area contributed by atoms with Crippen LogP contribution < -0.4 is 10.1 Å². The maximum Gasteiger partial charge on any atom is 0.119 e. The van der Waals surface area contributed by atoms with Gasteiger partial charge >= 0.3 is 0 Å². The zero-order valence-corrected chi connectivity index (χ0v) is 10.6. The summed E-state index contributed by atoms with van der Waals surface area (Å²) in [4.78, 5) is 0. The van der Waals surface area contributed by atoms with Crippen molar-refractivity contribution in [2.45, 2.75) is 25.6 Å². The van der Waals surface area contributed by atoms with Crippen LogP contribution in [0.25, 0.3) is 0 Å². The second-order valence-corrected chi connectivity index (χ2v) is 4.68. The molecule has 0 aliphatic heterocycles. The highest BCUT2D eigenvalue weighted by Crippen LogP contribution is 2.30. The number of nitrogens with one attached hydrogen (secondary N) is 1. The van der Waals surface area contributed by atoms with Gasteiger partial charge in [-0.3, -0.25) is 0 Å². The molecule has 0 radical (unpaired) electrons. The van der Waals surface area contributed by atoms with E-state index in [1.807, 2.05) is 25.2 Å². The summed E-state index contributed by atoms with van der Waals surface area (Å²) in [6.07, 6.45) is 2.81. The van der Waals surface area contributed by atoms with Crippen LogP contribution in [0.2, 0.25) is 0 Å². The molecule has 0 unspecified atom stereocenters. The molecule has 1 aliphatic rings. The van der Waals surface area contributed by atoms with E-state index >= 15 is 0 Å². The lowest BCUT2D eigenvalue weighted by molar-refractivity contribution is -0.0391. The topological polar surface area (TPSA) is 30.5 Å². The second kappa shape index (κ2) is 6.03. The fourth-order valence-electron chi connectivity index (χ4n) is 2.24. The number of methoxy groups -OCH3 is 1. The first kappa shape index (κ1) is 12.4. The van der Waals surface area contributed by atoms with Crippen molar-refractivity contribution in [2.75, 3.05) is 20.7 Å². The molecular formula is C14H21NO2. The lowest BCUT2D eigenvalue weighted by Crippen LogP contribution is -2.36. The Morgan fingerprint density at radius 3 is 2.88 bits per heavy atom. The average molecular weight is 235 g/mol. The third-order valence-corrected chi connectivity index (χ3v) is 3.31. The van der Waals surface area contributed by atoms with Gasteiger partial charge in [0.2, 0.25) is 0 Å². The van der Waals surface area contributed by atoms with Crippen LogP contribution >= 0.6 is 0 Å². The van der Waals surface area contributed by atoms with Crippen LogP contribution in [0, 0.1) is 5.92 Å². The molecule has 0 spiro atoms. The fourth-order valence-corrected chi connectivity index (χ4v) is 2.24. The Morgan fingerprint density at radius 2 is 2.18 bits per heavy atom. The quantitative estimate of drug-likeness (QED) is 0.820. The summed E-state index contributed by atoms with van der Waals surface area (Å²) in [5, 5.41) is 3.21. The third kappa shape index (κ3) is 3.45. The predicted octanol–water partition coefficient (Wildman–Crippen LogP) is 2.21. The van der Waals surface area contributed by atoms with Gasteiger partial charge in [0.25, 0.3) is 0 Å². The summed E-state index contributed by atoms with van der Waals surface area (Å²) < 4.78 is 11.0. The molecule has 0 aromatic heterocycles. The lowest BCUT2D eigenvalue weighted by atomic mass is 9.82. The average Bonchev–Trinajstić information content (AvgIpc) is 2.32. The molecule has 3 nitrogen and oxygen atoms in total. The normalized spacial score (nSPS) is 23.2. The third-order valence-electron chi connectivity index (χ3n) is 3.31. The van der Waals surface area contributed by atoms with Crippen LogP contribution in [0.15, 0.2) is 24.3 Å². The highest BCUT2D eigenvalue weighted by Gasteiger charge is 2.28. The number of hydrogen-bond acceptors (Lipinski definition) is 3. The highest BCUT2D eigenvalue weighted by molar-refractivity contribution is 5.27. The standard InChI is InChI=1S/C14H21NO2/c1-15-9-12-7-14(8-12)17-10-11-4-3-5-13(6-11)16-2/h3-6,12,14-15H,7-10H2,1-2H3. The molecule has 17 heavy (non-hydrogen) atoms. The van der Waals surface area contributed by atoms with Crippen molar-refractivity contribution in [3.8, 4) is 5.75 Å². The Morgan fingerprint density at radius 1 is 1.35 bits per heavy atom. The van der Waals surface area contributed by atoms with Crippen molar-refractivity contribution in [2.24, 2.45) is 5.92 Å². The van der Waals surface area contributed by atoms with Crippen molar-refractivity contribution in [1.82, 2.24) is 5.32 Å². The second-order valence-electron chi connectivity index (χ2n) is 4.68. The highest BCUT2D eigenvalue weighted by atomic mass is 16.5. The summed E-state index contributed by atoms with van der Waals surface area (Å²) in [6.45, 7) is 1.80. The van der Waals surface area contributed by atoms with Crippen LogP contribution in [0.5, 0.6) is 5.75 Å². The van der Waals surface area contributed by atoms with E-state index in [2.05, 4.69) is 11.4 Å². The molecule has 1 aromatic carbocycles. The molecule has 1 fully saturated rings. The zero-order valence-electron chi connectivity index (χ0n) is 10.6. The van der Waals surface area contributed by atoms with Crippen LogP contribution in [0.1, 0.15) is 18.4 Å². The molecular weight excluding hydrogens is 214 g/mol. The van der Waals surface area contributed by atoms with Gasteiger partial charge in [0.05, 0.1) is 19.8 Å². The van der Waals surface area contributed by atoms with E-state index in [9.17, 15) is 0 Å². The predicted molar refractivity (Wildman–Crippen MR) is 68.2 cm³/mol. The zero-order chi connectivity index (χ0) is 12.1. The maximum atomic E-state index is 5.86. The van der Waals surface area contributed by atoms with Gasteiger partial charge in [-0.1, -0.05) is 12.1 Å². The number of benzene rings is 1. The fraction of sp³-hybridized carbons (Fsp3) is 0.571.